The lowest BCUT2D eigenvalue weighted by atomic mass is 9.97. The molecule has 0 spiro atoms. The van der Waals surface area contributed by atoms with Gasteiger partial charge in [-0.05, 0) is 59.4 Å². The smallest absolute Gasteiger partial charge is 0.0113 e. The Bertz CT molecular complexity index is 174. The molecule has 0 bridgehead atoms. The van der Waals surface area contributed by atoms with Gasteiger partial charge >= 0.3 is 0 Å². The number of piperidine rings is 1. The van der Waals surface area contributed by atoms with Gasteiger partial charge in [0.05, 0.1) is 0 Å². The summed E-state index contributed by atoms with van der Waals surface area (Å²) in [4.78, 5) is 4.95. The van der Waals surface area contributed by atoms with Crippen LogP contribution in [0.1, 0.15) is 26.7 Å². The summed E-state index contributed by atoms with van der Waals surface area (Å²) < 4.78 is 0. The molecule has 2 unspecified atom stereocenters. The van der Waals surface area contributed by atoms with Crippen LogP contribution in [-0.4, -0.2) is 55.6 Å². The highest BCUT2D eigenvalue weighted by Gasteiger charge is 2.25. The van der Waals surface area contributed by atoms with Gasteiger partial charge in [-0.1, -0.05) is 6.92 Å². The van der Waals surface area contributed by atoms with E-state index in [0.717, 1.165) is 12.6 Å². The fraction of sp³-hybridized carbons (Fsp3) is 1.00. The van der Waals surface area contributed by atoms with Gasteiger partial charge < -0.3 is 15.5 Å². The average molecular weight is 213 g/mol. The predicted molar refractivity (Wildman–Crippen MR) is 66.0 cm³/mol. The maximum absolute atomic E-state index is 5.72. The first-order chi connectivity index (χ1) is 7.06. The van der Waals surface area contributed by atoms with Gasteiger partial charge in [0.1, 0.15) is 0 Å². The van der Waals surface area contributed by atoms with E-state index in [-0.39, 0.29) is 0 Å². The molecule has 1 rings (SSSR count). The highest BCUT2D eigenvalue weighted by Crippen LogP contribution is 2.19. The molecule has 0 radical (unpaired) electrons. The van der Waals surface area contributed by atoms with Crippen molar-refractivity contribution in [2.75, 3.05) is 33.7 Å². The van der Waals surface area contributed by atoms with Crippen LogP contribution in [0.5, 0.6) is 0 Å². The lowest BCUT2D eigenvalue weighted by Crippen LogP contribution is -2.48. The molecule has 0 aromatic heterocycles. The minimum Gasteiger partial charge on any atom is -0.330 e. The third-order valence-electron chi connectivity index (χ3n) is 4.00. The molecule has 1 fully saturated rings. The largest absolute Gasteiger partial charge is 0.330 e. The van der Waals surface area contributed by atoms with Gasteiger partial charge in [0, 0.05) is 12.1 Å². The van der Waals surface area contributed by atoms with Crippen LogP contribution in [-0.2, 0) is 0 Å². The van der Waals surface area contributed by atoms with Crippen LogP contribution < -0.4 is 5.73 Å². The summed E-state index contributed by atoms with van der Waals surface area (Å²) in [7, 11) is 4.37. The molecule has 15 heavy (non-hydrogen) atoms. The number of nitrogens with two attached hydrogens (primary N) is 1. The van der Waals surface area contributed by atoms with Crippen molar-refractivity contribution in [3.05, 3.63) is 0 Å². The molecule has 3 heteroatoms. The molecule has 0 aliphatic carbocycles. The first kappa shape index (κ1) is 12.9. The molecule has 3 nitrogen and oxygen atoms in total. The van der Waals surface area contributed by atoms with E-state index >= 15 is 0 Å². The Balaban J connectivity index is 2.36. The summed E-state index contributed by atoms with van der Waals surface area (Å²) >= 11 is 0. The maximum Gasteiger partial charge on any atom is 0.0113 e. The van der Waals surface area contributed by atoms with E-state index in [9.17, 15) is 0 Å². The van der Waals surface area contributed by atoms with Crippen molar-refractivity contribution in [1.29, 1.82) is 0 Å². The quantitative estimate of drug-likeness (QED) is 0.756. The highest BCUT2D eigenvalue weighted by atomic mass is 15.2. The molecule has 0 aromatic carbocycles. The van der Waals surface area contributed by atoms with Crippen LogP contribution in [0.4, 0.5) is 0 Å². The Hall–Kier alpha value is -0.120. The molecule has 1 aliphatic rings. The SMILES string of the molecule is CC(CN)C(C)N1CCC(N(C)C)CC1. The van der Waals surface area contributed by atoms with E-state index in [2.05, 4.69) is 37.7 Å². The second kappa shape index (κ2) is 5.83. The molecular formula is C12H27N3. The maximum atomic E-state index is 5.72. The molecule has 2 N–H and O–H groups in total. The fourth-order valence-corrected chi connectivity index (χ4v) is 2.37. The normalized spacial score (nSPS) is 24.4. The zero-order valence-electron chi connectivity index (χ0n) is 10.7. The van der Waals surface area contributed by atoms with E-state index in [1.807, 2.05) is 0 Å². The van der Waals surface area contributed by atoms with Crippen molar-refractivity contribution < 1.29 is 0 Å². The number of hydrogen-bond acceptors (Lipinski definition) is 3. The van der Waals surface area contributed by atoms with E-state index in [1.54, 1.807) is 0 Å². The first-order valence-corrected chi connectivity index (χ1v) is 6.16. The van der Waals surface area contributed by atoms with Gasteiger partial charge in [-0.15, -0.1) is 0 Å². The van der Waals surface area contributed by atoms with Crippen LogP contribution in [0, 0.1) is 5.92 Å². The standard InChI is InChI=1S/C12H27N3/c1-10(9-13)11(2)15-7-5-12(6-8-15)14(3)4/h10-12H,5-9,13H2,1-4H3. The molecule has 2 atom stereocenters. The second-order valence-corrected chi connectivity index (χ2v) is 5.18. The van der Waals surface area contributed by atoms with E-state index in [0.29, 0.717) is 12.0 Å². The monoisotopic (exact) mass is 213 g/mol. The zero-order chi connectivity index (χ0) is 11.4. The fourth-order valence-electron chi connectivity index (χ4n) is 2.37. The van der Waals surface area contributed by atoms with Crippen LogP contribution in [0.25, 0.3) is 0 Å². The molecule has 0 aromatic rings. The zero-order valence-corrected chi connectivity index (χ0v) is 10.7. The Kier molecular flexibility index (Phi) is 5.03. The molecule has 90 valence electrons. The van der Waals surface area contributed by atoms with Gasteiger partial charge in [-0.3, -0.25) is 0 Å². The summed E-state index contributed by atoms with van der Waals surface area (Å²) in [5.74, 6) is 0.612. The number of rotatable bonds is 4. The molecular weight excluding hydrogens is 186 g/mol. The highest BCUT2D eigenvalue weighted by molar-refractivity contribution is 4.82. The first-order valence-electron chi connectivity index (χ1n) is 6.16. The van der Waals surface area contributed by atoms with Crippen molar-refractivity contribution in [3.63, 3.8) is 0 Å². The van der Waals surface area contributed by atoms with E-state index in [4.69, 9.17) is 5.73 Å². The van der Waals surface area contributed by atoms with Crippen molar-refractivity contribution in [2.45, 2.75) is 38.8 Å². The summed E-state index contributed by atoms with van der Waals surface area (Å²) in [5, 5.41) is 0. The Morgan fingerprint density at radius 3 is 2.20 bits per heavy atom. The number of likely N-dealkylation sites (tertiary alicyclic amines) is 1. The van der Waals surface area contributed by atoms with Crippen molar-refractivity contribution >= 4 is 0 Å². The van der Waals surface area contributed by atoms with Crippen molar-refractivity contribution in [3.8, 4) is 0 Å². The van der Waals surface area contributed by atoms with Gasteiger partial charge in [-0.25, -0.2) is 0 Å². The third-order valence-corrected chi connectivity index (χ3v) is 4.00. The van der Waals surface area contributed by atoms with Crippen molar-refractivity contribution in [2.24, 2.45) is 11.7 Å². The van der Waals surface area contributed by atoms with Gasteiger partial charge in [0.25, 0.3) is 0 Å². The third kappa shape index (κ3) is 3.44. The molecule has 1 heterocycles. The van der Waals surface area contributed by atoms with E-state index < -0.39 is 0 Å². The van der Waals surface area contributed by atoms with Crippen molar-refractivity contribution in [1.82, 2.24) is 9.80 Å². The topological polar surface area (TPSA) is 32.5 Å². The second-order valence-electron chi connectivity index (χ2n) is 5.18. The number of hydrogen-bond donors (Lipinski definition) is 1. The minimum atomic E-state index is 0.612. The van der Waals surface area contributed by atoms with Gasteiger partial charge in [-0.2, -0.15) is 0 Å². The minimum absolute atomic E-state index is 0.612. The Labute approximate surface area is 94.6 Å². The molecule has 1 saturated heterocycles. The molecule has 0 saturated carbocycles. The average Bonchev–Trinajstić information content (AvgIpc) is 2.27. The van der Waals surface area contributed by atoms with Crippen LogP contribution in [0.15, 0.2) is 0 Å². The van der Waals surface area contributed by atoms with Crippen LogP contribution in [0.3, 0.4) is 0 Å². The van der Waals surface area contributed by atoms with Gasteiger partial charge in [0.15, 0.2) is 0 Å². The van der Waals surface area contributed by atoms with E-state index in [1.165, 1.54) is 25.9 Å². The predicted octanol–water partition coefficient (Wildman–Crippen LogP) is 0.996. The van der Waals surface area contributed by atoms with Crippen LogP contribution >= 0.6 is 0 Å². The lowest BCUT2D eigenvalue weighted by Gasteiger charge is -2.40. The summed E-state index contributed by atoms with van der Waals surface area (Å²) in [6.45, 7) is 7.83. The summed E-state index contributed by atoms with van der Waals surface area (Å²) in [5.41, 5.74) is 5.72. The number of nitrogens with zero attached hydrogens (tertiary/aromatic N) is 2. The molecule has 0 amide bonds. The summed E-state index contributed by atoms with van der Waals surface area (Å²) in [6, 6.07) is 1.42. The summed E-state index contributed by atoms with van der Waals surface area (Å²) in [6.07, 6.45) is 2.60. The molecule has 1 aliphatic heterocycles. The van der Waals surface area contributed by atoms with Gasteiger partial charge in [0.2, 0.25) is 0 Å². The lowest BCUT2D eigenvalue weighted by molar-refractivity contribution is 0.0933. The Morgan fingerprint density at radius 1 is 1.27 bits per heavy atom. The van der Waals surface area contributed by atoms with Crippen LogP contribution in [0.2, 0.25) is 0 Å². The Morgan fingerprint density at radius 2 is 1.80 bits per heavy atom.